The van der Waals surface area contributed by atoms with Crippen LogP contribution >= 0.6 is 0 Å². The van der Waals surface area contributed by atoms with Crippen molar-refractivity contribution in [2.75, 3.05) is 6.54 Å². The fourth-order valence-electron chi connectivity index (χ4n) is 7.92. The largest absolute Gasteiger partial charge is 0.334 e. The van der Waals surface area contributed by atoms with E-state index in [0.717, 1.165) is 18.5 Å². The molecule has 2 aliphatic rings. The van der Waals surface area contributed by atoms with E-state index in [1.807, 2.05) is 30.3 Å². The minimum Gasteiger partial charge on any atom is -0.334 e. The van der Waals surface area contributed by atoms with Gasteiger partial charge in [-0.2, -0.15) is 0 Å². The standard InChI is InChI=1S/C38H49NO/c1-27(2)30-16-20-33-31(24-30)17-21-34-37(6,22-11-23-38(33,34)7)26-39(35(40)29-12-9-8-10-13-29)25-28-14-18-32(19-15-28)36(3,4)5/h8-10,12-16,18-20,24,27,34H,11,17,21-23,25-26H2,1-7H3. The van der Waals surface area contributed by atoms with E-state index in [9.17, 15) is 4.79 Å². The molecule has 0 heterocycles. The molecular weight excluding hydrogens is 486 g/mol. The summed E-state index contributed by atoms with van der Waals surface area (Å²) in [6.07, 6.45) is 5.97. The molecule has 0 aromatic heterocycles. The summed E-state index contributed by atoms with van der Waals surface area (Å²) in [5.41, 5.74) is 8.24. The summed E-state index contributed by atoms with van der Waals surface area (Å²) < 4.78 is 0. The molecule has 1 amide bonds. The van der Waals surface area contributed by atoms with Crippen LogP contribution in [0.2, 0.25) is 0 Å². The predicted molar refractivity (Wildman–Crippen MR) is 168 cm³/mol. The number of carbonyl (C=O) groups excluding carboxylic acids is 1. The first-order valence-corrected chi connectivity index (χ1v) is 15.5. The number of amides is 1. The van der Waals surface area contributed by atoms with Crippen LogP contribution in [0.15, 0.2) is 72.8 Å². The molecule has 0 radical (unpaired) electrons. The molecule has 0 saturated heterocycles. The van der Waals surface area contributed by atoms with Crippen molar-refractivity contribution in [3.63, 3.8) is 0 Å². The topological polar surface area (TPSA) is 20.3 Å². The molecule has 0 aliphatic heterocycles. The average molecular weight is 536 g/mol. The third kappa shape index (κ3) is 5.52. The summed E-state index contributed by atoms with van der Waals surface area (Å²) in [7, 11) is 0. The number of rotatable bonds is 6. The van der Waals surface area contributed by atoms with E-state index in [1.165, 1.54) is 42.4 Å². The molecule has 1 fully saturated rings. The highest BCUT2D eigenvalue weighted by molar-refractivity contribution is 5.94. The minimum atomic E-state index is 0.0667. The lowest BCUT2D eigenvalue weighted by molar-refractivity contribution is -0.00282. The van der Waals surface area contributed by atoms with Crippen molar-refractivity contribution in [3.05, 3.63) is 106 Å². The molecule has 3 atom stereocenters. The van der Waals surface area contributed by atoms with Gasteiger partial charge in [0.2, 0.25) is 0 Å². The van der Waals surface area contributed by atoms with Gasteiger partial charge < -0.3 is 4.90 Å². The molecule has 0 spiro atoms. The lowest BCUT2D eigenvalue weighted by Gasteiger charge is -2.56. The van der Waals surface area contributed by atoms with Gasteiger partial charge in [0, 0.05) is 18.7 Å². The molecule has 3 aromatic rings. The first-order chi connectivity index (χ1) is 18.9. The number of hydrogen-bond donors (Lipinski definition) is 0. The highest BCUT2D eigenvalue weighted by atomic mass is 16.2. The van der Waals surface area contributed by atoms with E-state index in [1.54, 1.807) is 11.1 Å². The van der Waals surface area contributed by atoms with Crippen LogP contribution in [0.5, 0.6) is 0 Å². The smallest absolute Gasteiger partial charge is 0.254 e. The lowest BCUT2D eigenvalue weighted by Crippen LogP contribution is -2.53. The zero-order valence-electron chi connectivity index (χ0n) is 25.9. The number of hydrogen-bond acceptors (Lipinski definition) is 1. The van der Waals surface area contributed by atoms with Crippen molar-refractivity contribution in [2.45, 2.75) is 104 Å². The fourth-order valence-corrected chi connectivity index (χ4v) is 7.92. The molecule has 40 heavy (non-hydrogen) atoms. The number of nitrogens with zero attached hydrogens (tertiary/aromatic N) is 1. The molecule has 212 valence electrons. The van der Waals surface area contributed by atoms with Gasteiger partial charge in [0.15, 0.2) is 0 Å². The Balaban J connectivity index is 1.47. The summed E-state index contributed by atoms with van der Waals surface area (Å²) in [6.45, 7) is 17.8. The Morgan fingerprint density at radius 1 is 0.950 bits per heavy atom. The molecule has 3 aromatic carbocycles. The highest BCUT2D eigenvalue weighted by Crippen LogP contribution is 2.57. The number of benzene rings is 3. The predicted octanol–water partition coefficient (Wildman–Crippen LogP) is 9.46. The zero-order chi connectivity index (χ0) is 28.7. The second-order valence-corrected chi connectivity index (χ2v) is 14.6. The number of fused-ring (bicyclic) bond motifs is 3. The quantitative estimate of drug-likeness (QED) is 0.308. The summed E-state index contributed by atoms with van der Waals surface area (Å²) >= 11 is 0. The van der Waals surface area contributed by atoms with Gasteiger partial charge >= 0.3 is 0 Å². The van der Waals surface area contributed by atoms with Crippen molar-refractivity contribution >= 4 is 5.91 Å². The number of carbonyl (C=O) groups is 1. The maximum Gasteiger partial charge on any atom is 0.254 e. The van der Waals surface area contributed by atoms with Crippen LogP contribution in [0, 0.1) is 11.3 Å². The monoisotopic (exact) mass is 535 g/mol. The molecule has 3 unspecified atom stereocenters. The van der Waals surface area contributed by atoms with Crippen LogP contribution in [-0.2, 0) is 23.8 Å². The summed E-state index contributed by atoms with van der Waals surface area (Å²) in [5, 5.41) is 0. The Hall–Kier alpha value is -2.87. The van der Waals surface area contributed by atoms with E-state index in [2.05, 4.69) is 95.8 Å². The molecular formula is C38H49NO. The van der Waals surface area contributed by atoms with Gasteiger partial charge in [-0.25, -0.2) is 0 Å². The van der Waals surface area contributed by atoms with E-state index in [0.29, 0.717) is 18.4 Å². The zero-order valence-corrected chi connectivity index (χ0v) is 25.9. The van der Waals surface area contributed by atoms with Gasteiger partial charge in [-0.15, -0.1) is 0 Å². The van der Waals surface area contributed by atoms with Gasteiger partial charge in [0.1, 0.15) is 0 Å². The number of aryl methyl sites for hydroxylation is 1. The maximum atomic E-state index is 14.1. The second-order valence-electron chi connectivity index (χ2n) is 14.6. The van der Waals surface area contributed by atoms with Crippen molar-refractivity contribution in [1.82, 2.24) is 4.90 Å². The highest BCUT2D eigenvalue weighted by Gasteiger charge is 2.52. The second kappa shape index (κ2) is 10.8. The van der Waals surface area contributed by atoms with Gasteiger partial charge in [-0.1, -0.05) is 116 Å². The summed E-state index contributed by atoms with van der Waals surface area (Å²) in [4.78, 5) is 16.2. The average Bonchev–Trinajstić information content (AvgIpc) is 2.92. The SMILES string of the molecule is CC(C)c1ccc2c(c1)CCC1C(C)(CN(Cc3ccc(C(C)(C)C)cc3)C(=O)c3ccccc3)CCCC21C. The fraction of sp³-hybridized carbons (Fsp3) is 0.500. The van der Waals surface area contributed by atoms with E-state index in [-0.39, 0.29) is 22.2 Å². The summed E-state index contributed by atoms with van der Waals surface area (Å²) in [5.74, 6) is 1.26. The first-order valence-electron chi connectivity index (χ1n) is 15.5. The molecule has 0 bridgehead atoms. The van der Waals surface area contributed by atoms with Crippen LogP contribution in [0.4, 0.5) is 0 Å². The van der Waals surface area contributed by atoms with E-state index < -0.39 is 0 Å². The van der Waals surface area contributed by atoms with Gasteiger partial charge in [-0.05, 0) is 93.7 Å². The van der Waals surface area contributed by atoms with E-state index in [4.69, 9.17) is 0 Å². The van der Waals surface area contributed by atoms with Crippen LogP contribution in [0.1, 0.15) is 118 Å². The third-order valence-electron chi connectivity index (χ3n) is 10.2. The van der Waals surface area contributed by atoms with Crippen molar-refractivity contribution in [3.8, 4) is 0 Å². The van der Waals surface area contributed by atoms with Gasteiger partial charge in [-0.3, -0.25) is 4.79 Å². The normalized spacial score (nSPS) is 24.4. The molecule has 5 rings (SSSR count). The van der Waals surface area contributed by atoms with Gasteiger partial charge in [0.25, 0.3) is 5.91 Å². The first kappa shape index (κ1) is 28.7. The Kier molecular flexibility index (Phi) is 7.77. The van der Waals surface area contributed by atoms with Crippen molar-refractivity contribution in [2.24, 2.45) is 11.3 Å². The Bertz CT molecular complexity index is 1330. The van der Waals surface area contributed by atoms with Crippen LogP contribution in [0.25, 0.3) is 0 Å². The van der Waals surface area contributed by atoms with Gasteiger partial charge in [0.05, 0.1) is 0 Å². The molecule has 1 saturated carbocycles. The summed E-state index contributed by atoms with van der Waals surface area (Å²) in [6, 6.07) is 26.1. The lowest BCUT2D eigenvalue weighted by atomic mass is 9.49. The molecule has 0 N–H and O–H groups in total. The Morgan fingerprint density at radius 2 is 1.65 bits per heavy atom. The molecule has 2 aliphatic carbocycles. The third-order valence-corrected chi connectivity index (χ3v) is 10.2. The van der Waals surface area contributed by atoms with E-state index >= 15 is 0 Å². The molecule has 2 nitrogen and oxygen atoms in total. The Labute approximate surface area is 243 Å². The van der Waals surface area contributed by atoms with Crippen LogP contribution in [0.3, 0.4) is 0 Å². The van der Waals surface area contributed by atoms with Crippen molar-refractivity contribution < 1.29 is 4.79 Å². The minimum absolute atomic E-state index is 0.0667. The molecule has 2 heteroatoms. The van der Waals surface area contributed by atoms with Crippen LogP contribution in [-0.4, -0.2) is 17.4 Å². The van der Waals surface area contributed by atoms with Crippen LogP contribution < -0.4 is 0 Å². The van der Waals surface area contributed by atoms with Crippen molar-refractivity contribution in [1.29, 1.82) is 0 Å². The maximum absolute atomic E-state index is 14.1. The Morgan fingerprint density at radius 3 is 2.30 bits per heavy atom.